The number of phenolic OH excluding ortho intramolecular Hbond substituents is 1. The summed E-state index contributed by atoms with van der Waals surface area (Å²) in [6, 6.07) is 5.02. The van der Waals surface area contributed by atoms with Gasteiger partial charge in [-0.2, -0.15) is 4.37 Å². The molecular formula is C8H6FNOS. The van der Waals surface area contributed by atoms with Crippen LogP contribution in [0.1, 0.15) is 5.69 Å². The highest BCUT2D eigenvalue weighted by Crippen LogP contribution is 2.30. The van der Waals surface area contributed by atoms with Crippen molar-refractivity contribution < 1.29 is 9.50 Å². The lowest BCUT2D eigenvalue weighted by atomic mass is 10.2. The molecule has 62 valence electrons. The number of halogens is 1. The Hall–Kier alpha value is -1.16. The molecule has 0 aliphatic rings. The van der Waals surface area contributed by atoms with Gasteiger partial charge in [-0.1, -0.05) is 12.1 Å². The van der Waals surface area contributed by atoms with Crippen molar-refractivity contribution in [3.05, 3.63) is 23.9 Å². The van der Waals surface area contributed by atoms with Gasteiger partial charge in [0.05, 0.1) is 10.4 Å². The fourth-order valence-electron chi connectivity index (χ4n) is 1.09. The maximum absolute atomic E-state index is 12.3. The first-order valence-corrected chi connectivity index (χ1v) is 4.22. The van der Waals surface area contributed by atoms with Crippen LogP contribution in [0.3, 0.4) is 0 Å². The molecule has 0 saturated heterocycles. The minimum absolute atomic E-state index is 0.171. The lowest BCUT2D eigenvalue weighted by molar-refractivity contribution is 0.480. The van der Waals surface area contributed by atoms with Crippen LogP contribution in [0, 0.1) is 0 Å². The number of rotatable bonds is 1. The van der Waals surface area contributed by atoms with Crippen molar-refractivity contribution in [3.8, 4) is 5.75 Å². The van der Waals surface area contributed by atoms with E-state index in [-0.39, 0.29) is 5.75 Å². The zero-order chi connectivity index (χ0) is 8.55. The summed E-state index contributed by atoms with van der Waals surface area (Å²) >= 11 is 1.13. The molecule has 0 radical (unpaired) electrons. The van der Waals surface area contributed by atoms with Gasteiger partial charge < -0.3 is 5.11 Å². The third-order valence-electron chi connectivity index (χ3n) is 1.68. The summed E-state index contributed by atoms with van der Waals surface area (Å²) < 4.78 is 16.8. The molecule has 1 aromatic heterocycles. The molecule has 12 heavy (non-hydrogen) atoms. The van der Waals surface area contributed by atoms with Gasteiger partial charge in [0.2, 0.25) is 0 Å². The molecule has 0 fully saturated rings. The molecule has 1 aromatic carbocycles. The number of fused-ring (bicyclic) bond motifs is 1. The summed E-state index contributed by atoms with van der Waals surface area (Å²) in [5.74, 6) is 0.171. The van der Waals surface area contributed by atoms with Crippen molar-refractivity contribution >= 4 is 21.6 Å². The predicted molar refractivity (Wildman–Crippen MR) is 46.1 cm³/mol. The third-order valence-corrected chi connectivity index (χ3v) is 2.60. The molecule has 1 N–H and O–H groups in total. The van der Waals surface area contributed by atoms with Crippen LogP contribution in [0.5, 0.6) is 5.75 Å². The van der Waals surface area contributed by atoms with E-state index in [4.69, 9.17) is 0 Å². The molecule has 1 heterocycles. The van der Waals surface area contributed by atoms with E-state index < -0.39 is 6.67 Å². The Bertz CT molecular complexity index is 412. The quantitative estimate of drug-likeness (QED) is 0.736. The first-order valence-electron chi connectivity index (χ1n) is 3.45. The average Bonchev–Trinajstić information content (AvgIpc) is 2.49. The molecular weight excluding hydrogens is 177 g/mol. The van der Waals surface area contributed by atoms with Crippen molar-refractivity contribution in [2.75, 3.05) is 0 Å². The van der Waals surface area contributed by atoms with Gasteiger partial charge in [0.25, 0.3) is 0 Å². The Morgan fingerprint density at radius 2 is 2.33 bits per heavy atom. The topological polar surface area (TPSA) is 33.1 Å². The smallest absolute Gasteiger partial charge is 0.135 e. The lowest BCUT2D eigenvalue weighted by Gasteiger charge is -1.92. The molecule has 2 rings (SSSR count). The number of alkyl halides is 1. The summed E-state index contributed by atoms with van der Waals surface area (Å²) in [6.45, 7) is -0.580. The van der Waals surface area contributed by atoms with Gasteiger partial charge in [0, 0.05) is 5.39 Å². The first-order chi connectivity index (χ1) is 5.83. The number of aromatic nitrogens is 1. The van der Waals surface area contributed by atoms with Crippen molar-refractivity contribution in [2.45, 2.75) is 6.67 Å². The van der Waals surface area contributed by atoms with Gasteiger partial charge in [-0.05, 0) is 17.6 Å². The number of nitrogens with zero attached hydrogens (tertiary/aromatic N) is 1. The van der Waals surface area contributed by atoms with Gasteiger partial charge in [0.1, 0.15) is 12.4 Å². The highest BCUT2D eigenvalue weighted by molar-refractivity contribution is 7.13. The standard InChI is InChI=1S/C8H6FNOS/c9-4-6-5-2-1-3-7(11)8(5)12-10-6/h1-3,11H,4H2. The number of phenols is 1. The summed E-state index contributed by atoms with van der Waals surface area (Å²) in [4.78, 5) is 0. The zero-order valence-electron chi connectivity index (χ0n) is 6.12. The molecule has 0 bridgehead atoms. The largest absolute Gasteiger partial charge is 0.506 e. The molecule has 0 aliphatic carbocycles. The second-order valence-corrected chi connectivity index (χ2v) is 3.19. The van der Waals surface area contributed by atoms with Gasteiger partial charge >= 0.3 is 0 Å². The molecule has 0 atom stereocenters. The van der Waals surface area contributed by atoms with E-state index in [1.165, 1.54) is 0 Å². The zero-order valence-corrected chi connectivity index (χ0v) is 6.94. The highest BCUT2D eigenvalue weighted by Gasteiger charge is 2.07. The van der Waals surface area contributed by atoms with Crippen LogP contribution in [0.4, 0.5) is 4.39 Å². The highest BCUT2D eigenvalue weighted by atomic mass is 32.1. The summed E-state index contributed by atoms with van der Waals surface area (Å²) in [5.41, 5.74) is 0.408. The average molecular weight is 183 g/mol. The monoisotopic (exact) mass is 183 g/mol. The predicted octanol–water partition coefficient (Wildman–Crippen LogP) is 2.47. The van der Waals surface area contributed by atoms with Crippen molar-refractivity contribution in [1.82, 2.24) is 4.37 Å². The SMILES string of the molecule is Oc1cccc2c(CF)nsc12. The molecule has 2 nitrogen and oxygen atoms in total. The van der Waals surface area contributed by atoms with Crippen molar-refractivity contribution in [3.63, 3.8) is 0 Å². The summed E-state index contributed by atoms with van der Waals surface area (Å²) in [7, 11) is 0. The van der Waals surface area contributed by atoms with Crippen LogP contribution in [-0.4, -0.2) is 9.48 Å². The number of hydrogen-bond donors (Lipinski definition) is 1. The van der Waals surface area contributed by atoms with E-state index in [2.05, 4.69) is 4.37 Å². The molecule has 0 aliphatic heterocycles. The van der Waals surface area contributed by atoms with Crippen LogP contribution in [-0.2, 0) is 6.67 Å². The molecule has 2 aromatic rings. The minimum atomic E-state index is -0.580. The Balaban J connectivity index is 2.80. The van der Waals surface area contributed by atoms with Crippen LogP contribution in [0.15, 0.2) is 18.2 Å². The van der Waals surface area contributed by atoms with Crippen molar-refractivity contribution in [1.29, 1.82) is 0 Å². The molecule has 0 unspecified atom stereocenters. The normalized spacial score (nSPS) is 10.8. The minimum Gasteiger partial charge on any atom is -0.506 e. The van der Waals surface area contributed by atoms with Gasteiger partial charge in [-0.15, -0.1) is 0 Å². The van der Waals surface area contributed by atoms with E-state index in [0.717, 1.165) is 11.5 Å². The second kappa shape index (κ2) is 2.71. The third kappa shape index (κ3) is 0.956. The van der Waals surface area contributed by atoms with E-state index >= 15 is 0 Å². The van der Waals surface area contributed by atoms with Gasteiger partial charge in [-0.25, -0.2) is 4.39 Å². The van der Waals surface area contributed by atoms with E-state index in [0.29, 0.717) is 15.8 Å². The Morgan fingerprint density at radius 3 is 3.08 bits per heavy atom. The molecule has 0 amide bonds. The molecule has 0 spiro atoms. The van der Waals surface area contributed by atoms with Gasteiger partial charge in [-0.3, -0.25) is 0 Å². The maximum atomic E-state index is 12.3. The fraction of sp³-hybridized carbons (Fsp3) is 0.125. The number of benzene rings is 1. The second-order valence-electron chi connectivity index (χ2n) is 2.42. The van der Waals surface area contributed by atoms with Crippen LogP contribution in [0.25, 0.3) is 10.1 Å². The van der Waals surface area contributed by atoms with Crippen LogP contribution in [0.2, 0.25) is 0 Å². The Kier molecular flexibility index (Phi) is 1.69. The molecule has 4 heteroatoms. The Labute approximate surface area is 72.4 Å². The summed E-state index contributed by atoms with van der Waals surface area (Å²) in [6.07, 6.45) is 0. The Morgan fingerprint density at radius 1 is 1.50 bits per heavy atom. The number of hydrogen-bond acceptors (Lipinski definition) is 3. The van der Waals surface area contributed by atoms with Crippen LogP contribution >= 0.6 is 11.5 Å². The van der Waals surface area contributed by atoms with E-state index in [1.54, 1.807) is 18.2 Å². The van der Waals surface area contributed by atoms with Gasteiger partial charge in [0.15, 0.2) is 0 Å². The maximum Gasteiger partial charge on any atom is 0.135 e. The summed E-state index contributed by atoms with van der Waals surface area (Å²) in [5, 5.41) is 10.0. The lowest BCUT2D eigenvalue weighted by Crippen LogP contribution is -1.76. The number of aromatic hydroxyl groups is 1. The van der Waals surface area contributed by atoms with Crippen LogP contribution < -0.4 is 0 Å². The first kappa shape index (κ1) is 7.49. The van der Waals surface area contributed by atoms with E-state index in [9.17, 15) is 9.50 Å². The molecule has 0 saturated carbocycles. The fourth-order valence-corrected chi connectivity index (χ4v) is 1.89. The van der Waals surface area contributed by atoms with Crippen molar-refractivity contribution in [2.24, 2.45) is 0 Å². The van der Waals surface area contributed by atoms with E-state index in [1.807, 2.05) is 0 Å².